The van der Waals surface area contributed by atoms with Crippen LogP contribution in [-0.2, 0) is 24.3 Å². The largest absolute Gasteiger partial charge is 0.378 e. The Bertz CT molecular complexity index is 607. The summed E-state index contributed by atoms with van der Waals surface area (Å²) in [4.78, 5) is 20.7. The summed E-state index contributed by atoms with van der Waals surface area (Å²) in [6, 6.07) is 0.136. The van der Waals surface area contributed by atoms with Crippen molar-refractivity contribution in [3.05, 3.63) is 34.3 Å². The van der Waals surface area contributed by atoms with E-state index in [0.29, 0.717) is 12.3 Å². The van der Waals surface area contributed by atoms with Crippen LogP contribution in [0.4, 0.5) is 0 Å². The molecule has 0 fully saturated rings. The molecule has 1 amide bonds. The van der Waals surface area contributed by atoms with Crippen LogP contribution in [-0.4, -0.2) is 33.6 Å². The highest BCUT2D eigenvalue weighted by Gasteiger charge is 2.21. The molecule has 20 heavy (non-hydrogen) atoms. The van der Waals surface area contributed by atoms with Crippen LogP contribution in [0.1, 0.15) is 27.7 Å². The van der Waals surface area contributed by atoms with Crippen LogP contribution in [0.2, 0.25) is 0 Å². The molecular formula is C13H16N4O2S. The summed E-state index contributed by atoms with van der Waals surface area (Å²) < 4.78 is 7.10. The maximum absolute atomic E-state index is 12.1. The van der Waals surface area contributed by atoms with Crippen molar-refractivity contribution in [2.24, 2.45) is 0 Å². The number of ether oxygens (including phenoxy) is 1. The van der Waals surface area contributed by atoms with Gasteiger partial charge in [-0.2, -0.15) is 0 Å². The highest BCUT2D eigenvalue weighted by Crippen LogP contribution is 2.15. The number of thiazole rings is 1. The summed E-state index contributed by atoms with van der Waals surface area (Å²) in [5, 5.41) is 5.63. The molecule has 106 valence electrons. The Morgan fingerprint density at radius 2 is 2.55 bits per heavy atom. The highest BCUT2D eigenvalue weighted by molar-refractivity contribution is 7.09. The molecule has 7 heteroatoms. The van der Waals surface area contributed by atoms with Crippen molar-refractivity contribution < 1.29 is 9.53 Å². The molecule has 0 aliphatic carbocycles. The molecule has 0 saturated heterocycles. The molecule has 1 aliphatic heterocycles. The fourth-order valence-electron chi connectivity index (χ4n) is 2.35. The number of amides is 1. The van der Waals surface area contributed by atoms with Crippen LogP contribution in [0.5, 0.6) is 0 Å². The molecule has 0 bridgehead atoms. The van der Waals surface area contributed by atoms with Crippen LogP contribution in [0.3, 0.4) is 0 Å². The Labute approximate surface area is 120 Å². The molecule has 1 atom stereocenters. The minimum atomic E-state index is -0.114. The predicted octanol–water partition coefficient (Wildman–Crippen LogP) is 1.23. The van der Waals surface area contributed by atoms with Gasteiger partial charge in [0.1, 0.15) is 16.5 Å². The molecule has 3 rings (SSSR count). The van der Waals surface area contributed by atoms with E-state index in [0.717, 1.165) is 30.2 Å². The zero-order valence-corrected chi connectivity index (χ0v) is 12.0. The fourth-order valence-corrected chi connectivity index (χ4v) is 3.09. The third-order valence-corrected chi connectivity index (χ3v) is 4.14. The number of imidazole rings is 1. The summed E-state index contributed by atoms with van der Waals surface area (Å²) in [7, 11) is 1.62. The summed E-state index contributed by atoms with van der Waals surface area (Å²) >= 11 is 1.44. The zero-order valence-electron chi connectivity index (χ0n) is 11.2. The van der Waals surface area contributed by atoms with Gasteiger partial charge < -0.3 is 14.6 Å². The second-order valence-corrected chi connectivity index (χ2v) is 5.71. The standard InChI is InChI=1S/C13H16N4O2S/c1-19-7-12-16-10(8-20-12)13(18)15-9-2-3-11-14-4-5-17(11)6-9/h4-5,8-9H,2-3,6-7H2,1H3,(H,15,18). The highest BCUT2D eigenvalue weighted by atomic mass is 32.1. The minimum Gasteiger partial charge on any atom is -0.378 e. The Morgan fingerprint density at radius 1 is 1.65 bits per heavy atom. The normalized spacial score (nSPS) is 17.8. The van der Waals surface area contributed by atoms with Gasteiger partial charge in [-0.25, -0.2) is 9.97 Å². The quantitative estimate of drug-likeness (QED) is 0.920. The summed E-state index contributed by atoms with van der Waals surface area (Å²) in [6.45, 7) is 1.22. The van der Waals surface area contributed by atoms with Crippen LogP contribution >= 0.6 is 11.3 Å². The van der Waals surface area contributed by atoms with Crippen LogP contribution in [0.15, 0.2) is 17.8 Å². The fraction of sp³-hybridized carbons (Fsp3) is 0.462. The van der Waals surface area contributed by atoms with Gasteiger partial charge in [0, 0.05) is 43.9 Å². The number of carbonyl (C=O) groups excluding carboxylic acids is 1. The van der Waals surface area contributed by atoms with Gasteiger partial charge in [0.25, 0.3) is 5.91 Å². The van der Waals surface area contributed by atoms with E-state index in [9.17, 15) is 4.79 Å². The number of fused-ring (bicyclic) bond motifs is 1. The van der Waals surface area contributed by atoms with E-state index in [4.69, 9.17) is 4.74 Å². The first-order chi connectivity index (χ1) is 9.76. The van der Waals surface area contributed by atoms with Gasteiger partial charge in [0.2, 0.25) is 0 Å². The van der Waals surface area contributed by atoms with Gasteiger partial charge in [0.05, 0.1) is 6.61 Å². The van der Waals surface area contributed by atoms with Crippen molar-refractivity contribution in [3.8, 4) is 0 Å². The first-order valence-corrected chi connectivity index (χ1v) is 7.38. The first kappa shape index (κ1) is 13.3. The van der Waals surface area contributed by atoms with Crippen molar-refractivity contribution >= 4 is 17.2 Å². The number of aryl methyl sites for hydroxylation is 1. The molecular weight excluding hydrogens is 276 g/mol. The van der Waals surface area contributed by atoms with Crippen molar-refractivity contribution in [1.82, 2.24) is 19.9 Å². The molecule has 2 aromatic heterocycles. The average molecular weight is 292 g/mol. The number of nitrogens with zero attached hydrogens (tertiary/aromatic N) is 3. The van der Waals surface area contributed by atoms with Gasteiger partial charge >= 0.3 is 0 Å². The smallest absolute Gasteiger partial charge is 0.271 e. The van der Waals surface area contributed by atoms with Crippen LogP contribution in [0.25, 0.3) is 0 Å². The Kier molecular flexibility index (Phi) is 3.79. The van der Waals surface area contributed by atoms with E-state index in [1.807, 2.05) is 6.20 Å². The second kappa shape index (κ2) is 5.72. The second-order valence-electron chi connectivity index (χ2n) is 4.76. The van der Waals surface area contributed by atoms with Crippen LogP contribution < -0.4 is 5.32 Å². The van der Waals surface area contributed by atoms with Gasteiger partial charge in [-0.05, 0) is 6.42 Å². The van der Waals surface area contributed by atoms with E-state index in [1.54, 1.807) is 18.7 Å². The third kappa shape index (κ3) is 2.73. The number of nitrogens with one attached hydrogen (secondary N) is 1. The number of carbonyl (C=O) groups is 1. The number of hydrogen-bond donors (Lipinski definition) is 1. The minimum absolute atomic E-state index is 0.114. The van der Waals surface area contributed by atoms with E-state index < -0.39 is 0 Å². The number of rotatable bonds is 4. The summed E-state index contributed by atoms with van der Waals surface area (Å²) in [5.41, 5.74) is 0.471. The third-order valence-electron chi connectivity index (χ3n) is 3.32. The summed E-state index contributed by atoms with van der Waals surface area (Å²) in [6.07, 6.45) is 5.56. The molecule has 0 aromatic carbocycles. The molecule has 2 aromatic rings. The Morgan fingerprint density at radius 3 is 3.40 bits per heavy atom. The molecule has 0 saturated carbocycles. The van der Waals surface area contributed by atoms with Crippen LogP contribution in [0, 0.1) is 0 Å². The van der Waals surface area contributed by atoms with E-state index in [2.05, 4.69) is 19.9 Å². The summed E-state index contributed by atoms with van der Waals surface area (Å²) in [5.74, 6) is 0.976. The maximum atomic E-state index is 12.1. The van der Waals surface area contributed by atoms with Gasteiger partial charge in [-0.1, -0.05) is 0 Å². The lowest BCUT2D eigenvalue weighted by atomic mass is 10.1. The molecule has 1 aliphatic rings. The topological polar surface area (TPSA) is 69.0 Å². The van der Waals surface area contributed by atoms with Crippen molar-refractivity contribution in [1.29, 1.82) is 0 Å². The number of aromatic nitrogens is 3. The van der Waals surface area contributed by atoms with Gasteiger partial charge in [-0.3, -0.25) is 4.79 Å². The lowest BCUT2D eigenvalue weighted by Crippen LogP contribution is -2.41. The zero-order chi connectivity index (χ0) is 13.9. The SMILES string of the molecule is COCc1nc(C(=O)NC2CCc3nccn3C2)cs1. The molecule has 0 radical (unpaired) electrons. The maximum Gasteiger partial charge on any atom is 0.271 e. The Balaban J connectivity index is 1.61. The molecule has 1 N–H and O–H groups in total. The van der Waals surface area contributed by atoms with Gasteiger partial charge in [-0.15, -0.1) is 11.3 Å². The monoisotopic (exact) mass is 292 g/mol. The predicted molar refractivity (Wildman–Crippen MR) is 74.6 cm³/mol. The van der Waals surface area contributed by atoms with Crippen molar-refractivity contribution in [2.75, 3.05) is 7.11 Å². The van der Waals surface area contributed by atoms with Crippen molar-refractivity contribution in [3.63, 3.8) is 0 Å². The lowest BCUT2D eigenvalue weighted by Gasteiger charge is -2.24. The molecule has 3 heterocycles. The first-order valence-electron chi connectivity index (χ1n) is 6.50. The number of methoxy groups -OCH3 is 1. The van der Waals surface area contributed by atoms with Crippen molar-refractivity contribution in [2.45, 2.75) is 32.0 Å². The van der Waals surface area contributed by atoms with E-state index in [1.165, 1.54) is 11.3 Å². The molecule has 6 nitrogen and oxygen atoms in total. The molecule has 0 spiro atoms. The average Bonchev–Trinajstić information content (AvgIpc) is 3.07. The lowest BCUT2D eigenvalue weighted by molar-refractivity contribution is 0.0922. The van der Waals surface area contributed by atoms with E-state index >= 15 is 0 Å². The molecule has 1 unspecified atom stereocenters. The Hall–Kier alpha value is -1.73. The van der Waals surface area contributed by atoms with Gasteiger partial charge in [0.15, 0.2) is 0 Å². The van der Waals surface area contributed by atoms with E-state index in [-0.39, 0.29) is 11.9 Å². The number of hydrogen-bond acceptors (Lipinski definition) is 5.